The van der Waals surface area contributed by atoms with E-state index in [0.717, 1.165) is 64.2 Å². The lowest BCUT2D eigenvalue weighted by Gasteiger charge is -2.07. The zero-order valence-electron chi connectivity index (χ0n) is 18.0. The van der Waals surface area contributed by atoms with Crippen molar-refractivity contribution < 1.29 is 0 Å². The largest absolute Gasteiger partial charge is 0.103 e. The van der Waals surface area contributed by atoms with Gasteiger partial charge in [-0.2, -0.15) is 0 Å². The SMILES string of the molecule is C=CC1CC=CCCC=CCCC=CCCC=CCCC=CCCC=CCC1. The zero-order chi connectivity index (χ0) is 20.0. The first kappa shape index (κ1) is 24.2. The lowest BCUT2D eigenvalue weighted by molar-refractivity contribution is 0.606. The van der Waals surface area contributed by atoms with Gasteiger partial charge in [-0.3, -0.25) is 0 Å². The van der Waals surface area contributed by atoms with Crippen LogP contribution in [0.1, 0.15) is 83.5 Å². The second-order valence-corrected chi connectivity index (χ2v) is 7.52. The van der Waals surface area contributed by atoms with Gasteiger partial charge in [0.05, 0.1) is 0 Å². The molecule has 1 aliphatic rings. The van der Waals surface area contributed by atoms with Crippen LogP contribution in [0, 0.1) is 5.92 Å². The molecule has 1 atom stereocenters. The number of rotatable bonds is 1. The fourth-order valence-electron chi connectivity index (χ4n) is 3.17. The summed E-state index contributed by atoms with van der Waals surface area (Å²) in [5.41, 5.74) is 0. The van der Waals surface area contributed by atoms with Crippen molar-refractivity contribution in [3.63, 3.8) is 0 Å². The Hall–Kier alpha value is -1.82. The minimum Gasteiger partial charge on any atom is -0.103 e. The van der Waals surface area contributed by atoms with Crippen molar-refractivity contribution in [2.75, 3.05) is 0 Å². The van der Waals surface area contributed by atoms with Gasteiger partial charge in [-0.15, -0.1) is 6.58 Å². The van der Waals surface area contributed by atoms with Gasteiger partial charge in [0.25, 0.3) is 0 Å². The van der Waals surface area contributed by atoms with E-state index in [2.05, 4.69) is 85.6 Å². The van der Waals surface area contributed by atoms with E-state index in [9.17, 15) is 0 Å². The van der Waals surface area contributed by atoms with E-state index in [0.29, 0.717) is 5.92 Å². The average Bonchev–Trinajstić information content (AvgIpc) is 2.71. The maximum atomic E-state index is 4.01. The van der Waals surface area contributed by atoms with E-state index in [1.54, 1.807) is 0 Å². The lowest BCUT2D eigenvalue weighted by Crippen LogP contribution is -1.93. The molecule has 0 heterocycles. The molecule has 0 amide bonds. The number of hydrogen-bond donors (Lipinski definition) is 0. The van der Waals surface area contributed by atoms with Gasteiger partial charge >= 0.3 is 0 Å². The molecule has 0 fully saturated rings. The highest BCUT2D eigenvalue weighted by Gasteiger charge is 1.99. The molecule has 0 bridgehead atoms. The Morgan fingerprint density at radius 1 is 0.429 bits per heavy atom. The average molecular weight is 379 g/mol. The smallest absolute Gasteiger partial charge is 0.0199 e. The van der Waals surface area contributed by atoms with Crippen LogP contribution >= 0.6 is 0 Å². The first-order chi connectivity index (χ1) is 13.9. The van der Waals surface area contributed by atoms with Crippen LogP contribution in [0.4, 0.5) is 0 Å². The molecule has 0 spiro atoms. The molecule has 0 saturated heterocycles. The molecular weight excluding hydrogens is 336 g/mol. The van der Waals surface area contributed by atoms with Crippen LogP contribution in [0.2, 0.25) is 0 Å². The third kappa shape index (κ3) is 16.4. The summed E-state index contributed by atoms with van der Waals surface area (Å²) in [6.45, 7) is 4.01. The predicted molar refractivity (Wildman–Crippen MR) is 129 cm³/mol. The standard InChI is InChI=1S/C28H42/c1-2-28-26-24-22-20-18-16-14-12-10-8-6-4-3-5-7-9-11-13-15-17-19-21-23-25-27-28/h2,4,6-7,9,12,14-15,17,20,22-23,25,28H,1,3,5,8,10-11,13,16,18-19,21,24,26-27H2. The molecule has 1 unspecified atom stereocenters. The van der Waals surface area contributed by atoms with Gasteiger partial charge in [0.15, 0.2) is 0 Å². The summed E-state index contributed by atoms with van der Waals surface area (Å²) >= 11 is 0. The molecule has 1 rings (SSSR count). The Kier molecular flexibility index (Phi) is 17.2. The van der Waals surface area contributed by atoms with Crippen molar-refractivity contribution in [1.82, 2.24) is 0 Å². The van der Waals surface area contributed by atoms with Crippen molar-refractivity contribution in [3.05, 3.63) is 85.6 Å². The summed E-state index contributed by atoms with van der Waals surface area (Å²) in [6, 6.07) is 0. The minimum atomic E-state index is 0.606. The van der Waals surface area contributed by atoms with Crippen LogP contribution in [0.25, 0.3) is 0 Å². The van der Waals surface area contributed by atoms with E-state index in [1.807, 2.05) is 0 Å². The molecule has 0 aliphatic heterocycles. The first-order valence-corrected chi connectivity index (χ1v) is 11.5. The Bertz CT molecular complexity index is 524. The second kappa shape index (κ2) is 19.9. The second-order valence-electron chi connectivity index (χ2n) is 7.52. The summed E-state index contributed by atoms with van der Waals surface area (Å²) in [5.74, 6) is 0.606. The molecule has 0 aromatic carbocycles. The summed E-state index contributed by atoms with van der Waals surface area (Å²) in [7, 11) is 0. The van der Waals surface area contributed by atoms with E-state index in [1.165, 1.54) is 19.3 Å². The fraction of sp³-hybridized carbons (Fsp3) is 0.500. The Balaban J connectivity index is 2.39. The lowest BCUT2D eigenvalue weighted by atomic mass is 9.99. The topological polar surface area (TPSA) is 0 Å². The van der Waals surface area contributed by atoms with Gasteiger partial charge in [0.2, 0.25) is 0 Å². The van der Waals surface area contributed by atoms with E-state index < -0.39 is 0 Å². The quantitative estimate of drug-likeness (QED) is 0.399. The minimum absolute atomic E-state index is 0.606. The predicted octanol–water partition coefficient (Wildman–Crippen LogP) is 9.21. The fourth-order valence-corrected chi connectivity index (χ4v) is 3.17. The molecule has 0 saturated carbocycles. The van der Waals surface area contributed by atoms with Crippen molar-refractivity contribution in [3.8, 4) is 0 Å². The van der Waals surface area contributed by atoms with Gasteiger partial charge in [-0.1, -0.05) is 79.0 Å². The monoisotopic (exact) mass is 378 g/mol. The van der Waals surface area contributed by atoms with Gasteiger partial charge < -0.3 is 0 Å². The third-order valence-electron chi connectivity index (χ3n) is 4.98. The van der Waals surface area contributed by atoms with Crippen molar-refractivity contribution in [1.29, 1.82) is 0 Å². The summed E-state index contributed by atoms with van der Waals surface area (Å²) < 4.78 is 0. The highest BCUT2D eigenvalue weighted by Crippen LogP contribution is 2.14. The molecule has 0 heteroatoms. The Morgan fingerprint density at radius 3 is 1.04 bits per heavy atom. The molecule has 0 radical (unpaired) electrons. The van der Waals surface area contributed by atoms with Crippen molar-refractivity contribution in [2.24, 2.45) is 5.92 Å². The molecule has 0 aromatic rings. The van der Waals surface area contributed by atoms with Crippen LogP contribution < -0.4 is 0 Å². The molecule has 0 N–H and O–H groups in total. The normalized spacial score (nSPS) is 22.2. The van der Waals surface area contributed by atoms with Gasteiger partial charge in [-0.25, -0.2) is 0 Å². The molecule has 28 heavy (non-hydrogen) atoms. The van der Waals surface area contributed by atoms with Crippen LogP contribution in [-0.4, -0.2) is 0 Å². The Morgan fingerprint density at radius 2 is 0.714 bits per heavy atom. The van der Waals surface area contributed by atoms with Crippen LogP contribution in [-0.2, 0) is 0 Å². The summed E-state index contributed by atoms with van der Waals surface area (Å²) in [5, 5.41) is 0. The highest BCUT2D eigenvalue weighted by atomic mass is 14.0. The first-order valence-electron chi connectivity index (χ1n) is 11.5. The summed E-state index contributed by atoms with van der Waals surface area (Å²) in [6.07, 6.45) is 45.2. The molecule has 154 valence electrons. The number of hydrogen-bond acceptors (Lipinski definition) is 0. The van der Waals surface area contributed by atoms with E-state index >= 15 is 0 Å². The molecule has 0 nitrogen and oxygen atoms in total. The summed E-state index contributed by atoms with van der Waals surface area (Å²) in [4.78, 5) is 0. The van der Waals surface area contributed by atoms with E-state index in [-0.39, 0.29) is 0 Å². The van der Waals surface area contributed by atoms with E-state index in [4.69, 9.17) is 0 Å². The molecular formula is C28H42. The van der Waals surface area contributed by atoms with Gasteiger partial charge in [0, 0.05) is 0 Å². The molecule has 1 aliphatic carbocycles. The Labute approximate surface area is 175 Å². The van der Waals surface area contributed by atoms with Crippen molar-refractivity contribution >= 4 is 0 Å². The van der Waals surface area contributed by atoms with Crippen LogP contribution in [0.3, 0.4) is 0 Å². The number of allylic oxidation sites excluding steroid dienone is 13. The van der Waals surface area contributed by atoms with Crippen molar-refractivity contribution in [2.45, 2.75) is 83.5 Å². The molecule has 0 aromatic heterocycles. The van der Waals surface area contributed by atoms with Crippen LogP contribution in [0.15, 0.2) is 85.6 Å². The third-order valence-corrected chi connectivity index (χ3v) is 4.98. The van der Waals surface area contributed by atoms with Gasteiger partial charge in [0.1, 0.15) is 0 Å². The highest BCUT2D eigenvalue weighted by molar-refractivity contribution is 4.95. The van der Waals surface area contributed by atoms with Gasteiger partial charge in [-0.05, 0) is 89.4 Å². The van der Waals surface area contributed by atoms with Crippen LogP contribution in [0.5, 0.6) is 0 Å². The zero-order valence-corrected chi connectivity index (χ0v) is 18.0. The maximum absolute atomic E-state index is 4.01. The maximum Gasteiger partial charge on any atom is -0.0199 e.